The summed E-state index contributed by atoms with van der Waals surface area (Å²) in [7, 11) is 4.08. The van der Waals surface area contributed by atoms with Gasteiger partial charge in [-0.05, 0) is 40.3 Å². The molecule has 114 valence electrons. The van der Waals surface area contributed by atoms with Gasteiger partial charge in [0.15, 0.2) is 5.82 Å². The second-order valence-corrected chi connectivity index (χ2v) is 6.32. The van der Waals surface area contributed by atoms with Gasteiger partial charge >= 0.3 is 0 Å². The van der Waals surface area contributed by atoms with Crippen molar-refractivity contribution in [3.05, 3.63) is 22.7 Å². The Balaban J connectivity index is 2.93. The minimum absolute atomic E-state index is 0.0463. The van der Waals surface area contributed by atoms with Crippen LogP contribution in [0.1, 0.15) is 40.2 Å². The molecule has 0 aromatic carbocycles. The molecule has 1 unspecified atom stereocenters. The third-order valence-electron chi connectivity index (χ3n) is 3.11. The predicted octanol–water partition coefficient (Wildman–Crippen LogP) is 2.21. The van der Waals surface area contributed by atoms with Crippen molar-refractivity contribution in [3.8, 4) is 0 Å². The Kier molecular flexibility index (Phi) is 6.20. The Morgan fingerprint density at radius 3 is 2.45 bits per heavy atom. The van der Waals surface area contributed by atoms with E-state index in [0.29, 0.717) is 11.7 Å². The first-order valence-corrected chi connectivity index (χ1v) is 7.29. The number of likely N-dealkylation sites (N-methyl/N-ethyl adjacent to an activating group) is 1. The fourth-order valence-electron chi connectivity index (χ4n) is 2.31. The van der Waals surface area contributed by atoms with Crippen LogP contribution in [-0.4, -0.2) is 41.1 Å². The van der Waals surface area contributed by atoms with Crippen molar-refractivity contribution in [2.45, 2.75) is 46.2 Å². The molecular weight excluding hydrogens is 252 g/mol. The normalized spacial score (nSPS) is 13.2. The number of nitrogens with one attached hydrogen (secondary N) is 1. The summed E-state index contributed by atoms with van der Waals surface area (Å²) in [4.78, 5) is 18.7. The van der Waals surface area contributed by atoms with E-state index in [0.717, 1.165) is 13.0 Å². The summed E-state index contributed by atoms with van der Waals surface area (Å²) in [6.45, 7) is 9.26. The lowest BCUT2D eigenvalue weighted by Gasteiger charge is -2.24. The van der Waals surface area contributed by atoms with E-state index < -0.39 is 0 Å². The molecule has 5 heteroatoms. The van der Waals surface area contributed by atoms with E-state index in [-0.39, 0.29) is 17.6 Å². The third kappa shape index (κ3) is 4.96. The fraction of sp³-hybridized carbons (Fsp3) is 0.733. The molecule has 0 aliphatic heterocycles. The number of rotatable bonds is 7. The summed E-state index contributed by atoms with van der Waals surface area (Å²) in [5.74, 6) is 1.03. The Hall–Kier alpha value is -1.36. The number of anilines is 1. The van der Waals surface area contributed by atoms with E-state index >= 15 is 0 Å². The third-order valence-corrected chi connectivity index (χ3v) is 3.11. The lowest BCUT2D eigenvalue weighted by atomic mass is 10.0. The topological polar surface area (TPSA) is 50.2 Å². The van der Waals surface area contributed by atoms with Crippen LogP contribution in [0.4, 0.5) is 5.82 Å². The van der Waals surface area contributed by atoms with Crippen molar-refractivity contribution in [1.29, 1.82) is 0 Å². The summed E-state index contributed by atoms with van der Waals surface area (Å²) in [5.41, 5.74) is -0.0463. The highest BCUT2D eigenvalue weighted by atomic mass is 16.1. The van der Waals surface area contributed by atoms with Crippen LogP contribution in [-0.2, 0) is 0 Å². The molecule has 1 N–H and O–H groups in total. The molecule has 0 bridgehead atoms. The van der Waals surface area contributed by atoms with Crippen molar-refractivity contribution in [2.75, 3.05) is 26.0 Å². The summed E-state index contributed by atoms with van der Waals surface area (Å²) < 4.78 is 1.71. The fourth-order valence-corrected chi connectivity index (χ4v) is 2.31. The van der Waals surface area contributed by atoms with Gasteiger partial charge in [0.1, 0.15) is 0 Å². The molecule has 0 radical (unpaired) electrons. The van der Waals surface area contributed by atoms with E-state index in [1.54, 1.807) is 17.0 Å². The first kappa shape index (κ1) is 16.7. The van der Waals surface area contributed by atoms with Crippen molar-refractivity contribution in [3.63, 3.8) is 0 Å². The number of hydrogen-bond donors (Lipinski definition) is 1. The molecule has 0 amide bonds. The SMILES string of the molecule is CC(C)CC(CN(C)C)Nc1nccn(C(C)C)c1=O. The van der Waals surface area contributed by atoms with E-state index in [1.165, 1.54) is 0 Å². The summed E-state index contributed by atoms with van der Waals surface area (Å²) >= 11 is 0. The summed E-state index contributed by atoms with van der Waals surface area (Å²) in [6.07, 6.45) is 4.43. The van der Waals surface area contributed by atoms with Gasteiger partial charge < -0.3 is 14.8 Å². The van der Waals surface area contributed by atoms with Gasteiger partial charge in [-0.2, -0.15) is 0 Å². The average molecular weight is 280 g/mol. The van der Waals surface area contributed by atoms with Crippen molar-refractivity contribution < 1.29 is 0 Å². The highest BCUT2D eigenvalue weighted by Crippen LogP contribution is 2.10. The standard InChI is InChI=1S/C15H28N4O/c1-11(2)9-13(10-18(5)6)17-14-15(20)19(12(3)4)8-7-16-14/h7-8,11-13H,9-10H2,1-6H3,(H,16,17). The zero-order valence-electron chi connectivity index (χ0n) is 13.6. The van der Waals surface area contributed by atoms with Gasteiger partial charge in [0.05, 0.1) is 0 Å². The first-order chi connectivity index (χ1) is 9.31. The summed E-state index contributed by atoms with van der Waals surface area (Å²) in [6, 6.07) is 0.372. The Morgan fingerprint density at radius 1 is 1.30 bits per heavy atom. The molecule has 0 fully saturated rings. The minimum Gasteiger partial charge on any atom is -0.361 e. The second-order valence-electron chi connectivity index (χ2n) is 6.32. The molecule has 1 rings (SSSR count). The molecule has 0 saturated carbocycles. The molecular formula is C15H28N4O. The van der Waals surface area contributed by atoms with Gasteiger partial charge in [-0.3, -0.25) is 4.79 Å². The Labute approximate surface area is 122 Å². The Bertz CT molecular complexity index is 455. The molecule has 1 heterocycles. The molecule has 5 nitrogen and oxygen atoms in total. The molecule has 0 aliphatic rings. The van der Waals surface area contributed by atoms with Crippen molar-refractivity contribution in [1.82, 2.24) is 14.5 Å². The average Bonchev–Trinajstić information content (AvgIpc) is 2.29. The second kappa shape index (κ2) is 7.43. The van der Waals surface area contributed by atoms with Crippen LogP contribution in [0.3, 0.4) is 0 Å². The van der Waals surface area contributed by atoms with E-state index in [9.17, 15) is 4.79 Å². The quantitative estimate of drug-likeness (QED) is 0.832. The number of aromatic nitrogens is 2. The van der Waals surface area contributed by atoms with Crippen molar-refractivity contribution in [2.24, 2.45) is 5.92 Å². The van der Waals surface area contributed by atoms with Gasteiger partial charge in [0, 0.05) is 31.0 Å². The van der Waals surface area contributed by atoms with Gasteiger partial charge in [-0.1, -0.05) is 13.8 Å². The maximum Gasteiger partial charge on any atom is 0.293 e. The number of hydrogen-bond acceptors (Lipinski definition) is 4. The van der Waals surface area contributed by atoms with E-state index in [4.69, 9.17) is 0 Å². The zero-order valence-corrected chi connectivity index (χ0v) is 13.6. The van der Waals surface area contributed by atoms with Crippen LogP contribution < -0.4 is 10.9 Å². The molecule has 1 atom stereocenters. The van der Waals surface area contributed by atoms with Gasteiger partial charge in [-0.15, -0.1) is 0 Å². The number of nitrogens with zero attached hydrogens (tertiary/aromatic N) is 3. The van der Waals surface area contributed by atoms with Gasteiger partial charge in [-0.25, -0.2) is 4.98 Å². The highest BCUT2D eigenvalue weighted by Gasteiger charge is 2.15. The largest absolute Gasteiger partial charge is 0.361 e. The lowest BCUT2D eigenvalue weighted by Crippen LogP contribution is -2.37. The van der Waals surface area contributed by atoms with Crippen molar-refractivity contribution >= 4 is 5.82 Å². The Morgan fingerprint density at radius 2 is 1.95 bits per heavy atom. The van der Waals surface area contributed by atoms with Crippen LogP contribution in [0, 0.1) is 5.92 Å². The monoisotopic (exact) mass is 280 g/mol. The predicted molar refractivity (Wildman–Crippen MR) is 84.3 cm³/mol. The van der Waals surface area contributed by atoms with Crippen LogP contribution >= 0.6 is 0 Å². The maximum absolute atomic E-state index is 12.3. The maximum atomic E-state index is 12.3. The highest BCUT2D eigenvalue weighted by molar-refractivity contribution is 5.32. The zero-order chi connectivity index (χ0) is 15.3. The molecule has 1 aromatic rings. The van der Waals surface area contributed by atoms with Gasteiger partial charge in [0.25, 0.3) is 5.56 Å². The van der Waals surface area contributed by atoms with Crippen LogP contribution in [0.25, 0.3) is 0 Å². The molecule has 1 aromatic heterocycles. The smallest absolute Gasteiger partial charge is 0.293 e. The van der Waals surface area contributed by atoms with Crippen LogP contribution in [0.15, 0.2) is 17.2 Å². The van der Waals surface area contributed by atoms with Gasteiger partial charge in [0.2, 0.25) is 0 Å². The lowest BCUT2D eigenvalue weighted by molar-refractivity contribution is 0.355. The molecule has 0 spiro atoms. The van der Waals surface area contributed by atoms with Crippen LogP contribution in [0.5, 0.6) is 0 Å². The molecule has 0 saturated heterocycles. The minimum atomic E-state index is -0.0463. The molecule has 20 heavy (non-hydrogen) atoms. The van der Waals surface area contributed by atoms with Crippen LogP contribution in [0.2, 0.25) is 0 Å². The van der Waals surface area contributed by atoms with E-state index in [1.807, 2.05) is 27.9 Å². The first-order valence-electron chi connectivity index (χ1n) is 7.29. The molecule has 0 aliphatic carbocycles. The summed E-state index contributed by atoms with van der Waals surface area (Å²) in [5, 5.41) is 3.32. The van der Waals surface area contributed by atoms with E-state index in [2.05, 4.69) is 29.0 Å².